The molecule has 1 aromatic heterocycles. The molecule has 0 radical (unpaired) electrons. The van der Waals surface area contributed by atoms with E-state index in [0.29, 0.717) is 17.0 Å². The van der Waals surface area contributed by atoms with Crippen molar-refractivity contribution in [2.75, 3.05) is 0 Å². The zero-order valence-corrected chi connectivity index (χ0v) is 19.5. The highest BCUT2D eigenvalue weighted by Crippen LogP contribution is 2.36. The summed E-state index contributed by atoms with van der Waals surface area (Å²) in [5.74, 6) is -0.539. The Hall–Kier alpha value is -3.64. The second-order valence-corrected chi connectivity index (χ2v) is 9.22. The van der Waals surface area contributed by atoms with Gasteiger partial charge in [-0.3, -0.25) is 14.5 Å². The van der Waals surface area contributed by atoms with Crippen LogP contribution >= 0.6 is 11.8 Å². The van der Waals surface area contributed by atoms with Crippen LogP contribution in [0.3, 0.4) is 0 Å². The van der Waals surface area contributed by atoms with Crippen LogP contribution in [0.2, 0.25) is 0 Å². The Balaban J connectivity index is 1.53. The van der Waals surface area contributed by atoms with Gasteiger partial charge in [0.25, 0.3) is 11.1 Å². The third kappa shape index (κ3) is 4.17. The molecule has 5 rings (SSSR count). The maximum absolute atomic E-state index is 14.4. The van der Waals surface area contributed by atoms with E-state index in [2.05, 4.69) is 13.0 Å². The number of aryl methyl sites for hydroxylation is 1. The Kier molecular flexibility index (Phi) is 6.07. The quantitative estimate of drug-likeness (QED) is 0.297. The molecule has 0 unspecified atom stereocenters. The van der Waals surface area contributed by atoms with Crippen molar-refractivity contribution in [2.24, 2.45) is 0 Å². The standard InChI is InChI=1S/C28H23FN2O2S/c1-2-20-12-8-13-23-22(18-30(26(20)23)17-21-11-6-7-14-24(21)29)15-25-27(32)31(28(33)34-25)16-19-9-4-3-5-10-19/h3-15,18H,2,16-17H2,1H3/b25-15-. The third-order valence-corrected chi connectivity index (χ3v) is 6.94. The van der Waals surface area contributed by atoms with Crippen LogP contribution in [0.5, 0.6) is 0 Å². The molecule has 0 spiro atoms. The van der Waals surface area contributed by atoms with Gasteiger partial charge in [0.05, 0.1) is 23.5 Å². The number of carbonyl (C=O) groups excluding carboxylic acids is 2. The predicted octanol–water partition coefficient (Wildman–Crippen LogP) is 6.63. The van der Waals surface area contributed by atoms with Gasteiger partial charge in [0, 0.05) is 22.7 Å². The number of thioether (sulfide) groups is 1. The summed E-state index contributed by atoms with van der Waals surface area (Å²) < 4.78 is 16.4. The first kappa shape index (κ1) is 22.2. The minimum Gasteiger partial charge on any atom is -0.342 e. The fourth-order valence-corrected chi connectivity index (χ4v) is 5.17. The normalized spacial score (nSPS) is 15.1. The molecule has 170 valence electrons. The lowest BCUT2D eigenvalue weighted by molar-refractivity contribution is -0.123. The fourth-order valence-electron chi connectivity index (χ4n) is 4.34. The highest BCUT2D eigenvalue weighted by atomic mass is 32.2. The Morgan fingerprint density at radius 3 is 2.38 bits per heavy atom. The summed E-state index contributed by atoms with van der Waals surface area (Å²) in [5.41, 5.74) is 4.50. The van der Waals surface area contributed by atoms with E-state index in [0.717, 1.165) is 45.8 Å². The van der Waals surface area contributed by atoms with E-state index in [-0.39, 0.29) is 23.5 Å². The summed E-state index contributed by atoms with van der Waals surface area (Å²) in [5, 5.41) is 0.704. The Morgan fingerprint density at radius 2 is 1.62 bits per heavy atom. The lowest BCUT2D eigenvalue weighted by Crippen LogP contribution is -2.27. The molecule has 0 N–H and O–H groups in total. The van der Waals surface area contributed by atoms with E-state index in [1.807, 2.05) is 59.3 Å². The lowest BCUT2D eigenvalue weighted by Gasteiger charge is -2.12. The molecule has 0 aliphatic carbocycles. The highest BCUT2D eigenvalue weighted by Gasteiger charge is 2.35. The topological polar surface area (TPSA) is 42.3 Å². The van der Waals surface area contributed by atoms with Crippen LogP contribution < -0.4 is 0 Å². The van der Waals surface area contributed by atoms with Crippen LogP contribution in [0.25, 0.3) is 17.0 Å². The molecular weight excluding hydrogens is 447 g/mol. The molecule has 4 aromatic rings. The van der Waals surface area contributed by atoms with Gasteiger partial charge in [0.2, 0.25) is 0 Å². The van der Waals surface area contributed by atoms with E-state index in [1.54, 1.807) is 18.2 Å². The van der Waals surface area contributed by atoms with Crippen molar-refractivity contribution in [2.45, 2.75) is 26.4 Å². The number of rotatable bonds is 6. The molecule has 0 bridgehead atoms. The van der Waals surface area contributed by atoms with E-state index >= 15 is 0 Å². The van der Waals surface area contributed by atoms with Crippen LogP contribution in [0, 0.1) is 5.82 Å². The molecule has 34 heavy (non-hydrogen) atoms. The smallest absolute Gasteiger partial charge is 0.293 e. The zero-order valence-electron chi connectivity index (χ0n) is 18.7. The number of para-hydroxylation sites is 1. The molecule has 1 aliphatic rings. The zero-order chi connectivity index (χ0) is 23.7. The number of fused-ring (bicyclic) bond motifs is 1. The summed E-state index contributed by atoms with van der Waals surface area (Å²) in [6.07, 6.45) is 4.56. The maximum atomic E-state index is 14.4. The van der Waals surface area contributed by atoms with E-state index < -0.39 is 0 Å². The van der Waals surface area contributed by atoms with Gasteiger partial charge in [-0.2, -0.15) is 0 Å². The Morgan fingerprint density at radius 1 is 0.882 bits per heavy atom. The summed E-state index contributed by atoms with van der Waals surface area (Å²) in [6.45, 7) is 2.71. The van der Waals surface area contributed by atoms with Gasteiger partial charge in [-0.15, -0.1) is 0 Å². The van der Waals surface area contributed by atoms with Crippen molar-refractivity contribution in [3.8, 4) is 0 Å². The first-order valence-electron chi connectivity index (χ1n) is 11.2. The van der Waals surface area contributed by atoms with Gasteiger partial charge >= 0.3 is 0 Å². The van der Waals surface area contributed by atoms with Crippen molar-refractivity contribution in [1.29, 1.82) is 0 Å². The van der Waals surface area contributed by atoms with E-state index in [9.17, 15) is 14.0 Å². The average molecular weight is 471 g/mol. The second kappa shape index (κ2) is 9.31. The summed E-state index contributed by atoms with van der Waals surface area (Å²) >= 11 is 0.959. The first-order valence-corrected chi connectivity index (χ1v) is 12.0. The van der Waals surface area contributed by atoms with E-state index in [4.69, 9.17) is 0 Å². The lowest BCUT2D eigenvalue weighted by atomic mass is 10.1. The number of hydrogen-bond acceptors (Lipinski definition) is 3. The summed E-state index contributed by atoms with van der Waals surface area (Å²) in [7, 11) is 0. The molecule has 4 nitrogen and oxygen atoms in total. The average Bonchev–Trinajstić information content (AvgIpc) is 3.33. The van der Waals surface area contributed by atoms with Gasteiger partial charge < -0.3 is 4.57 Å². The van der Waals surface area contributed by atoms with Crippen LogP contribution in [0.1, 0.15) is 29.2 Å². The number of aromatic nitrogens is 1. The molecule has 1 saturated heterocycles. The third-order valence-electron chi connectivity index (χ3n) is 6.04. The maximum Gasteiger partial charge on any atom is 0.293 e. The van der Waals surface area contributed by atoms with Gasteiger partial charge in [0.1, 0.15) is 5.82 Å². The molecular formula is C28H23FN2O2S. The van der Waals surface area contributed by atoms with Crippen molar-refractivity contribution in [3.63, 3.8) is 0 Å². The predicted molar refractivity (Wildman–Crippen MR) is 135 cm³/mol. The van der Waals surface area contributed by atoms with Crippen molar-refractivity contribution in [1.82, 2.24) is 9.47 Å². The Labute approximate surface area is 201 Å². The van der Waals surface area contributed by atoms with Crippen LogP contribution in [0.15, 0.2) is 83.9 Å². The van der Waals surface area contributed by atoms with Gasteiger partial charge in [-0.25, -0.2) is 4.39 Å². The molecule has 1 fully saturated rings. The van der Waals surface area contributed by atoms with Gasteiger partial charge in [-0.05, 0) is 41.5 Å². The molecule has 2 heterocycles. The molecule has 6 heteroatoms. The number of carbonyl (C=O) groups is 2. The number of benzene rings is 3. The molecule has 0 saturated carbocycles. The highest BCUT2D eigenvalue weighted by molar-refractivity contribution is 8.18. The number of halogens is 1. The van der Waals surface area contributed by atoms with Crippen LogP contribution in [0.4, 0.5) is 9.18 Å². The number of hydrogen-bond donors (Lipinski definition) is 0. The molecule has 1 aliphatic heterocycles. The minimum absolute atomic E-state index is 0.248. The number of nitrogens with zero attached hydrogens (tertiary/aromatic N) is 2. The van der Waals surface area contributed by atoms with Gasteiger partial charge in [-0.1, -0.05) is 73.7 Å². The van der Waals surface area contributed by atoms with Crippen LogP contribution in [-0.2, 0) is 24.3 Å². The first-order chi connectivity index (χ1) is 16.5. The second-order valence-electron chi connectivity index (χ2n) is 8.22. The van der Waals surface area contributed by atoms with E-state index in [1.165, 1.54) is 11.0 Å². The molecule has 0 atom stereocenters. The molecule has 2 amide bonds. The van der Waals surface area contributed by atoms with Crippen LogP contribution in [-0.4, -0.2) is 20.6 Å². The van der Waals surface area contributed by atoms with Crippen molar-refractivity contribution < 1.29 is 14.0 Å². The largest absolute Gasteiger partial charge is 0.342 e. The summed E-state index contributed by atoms with van der Waals surface area (Å²) in [4.78, 5) is 27.4. The number of amides is 2. The van der Waals surface area contributed by atoms with Crippen molar-refractivity contribution in [3.05, 3.63) is 112 Å². The fraction of sp³-hybridized carbons (Fsp3) is 0.143. The number of imide groups is 1. The SMILES string of the molecule is CCc1cccc2c(/C=C3\SC(=O)N(Cc4ccccc4)C3=O)cn(Cc3ccccc3F)c12. The monoisotopic (exact) mass is 470 g/mol. The Bertz CT molecular complexity index is 1430. The minimum atomic E-state index is -0.291. The summed E-state index contributed by atoms with van der Waals surface area (Å²) in [6, 6.07) is 22.3. The van der Waals surface area contributed by atoms with Crippen molar-refractivity contribution >= 4 is 39.9 Å². The molecule has 3 aromatic carbocycles. The van der Waals surface area contributed by atoms with Gasteiger partial charge in [0.15, 0.2) is 0 Å².